The highest BCUT2D eigenvalue weighted by molar-refractivity contribution is 6.05. The molecular weight excluding hydrogens is 436 g/mol. The molecule has 0 amide bonds. The van der Waals surface area contributed by atoms with Gasteiger partial charge in [0.05, 0.1) is 13.7 Å². The number of anilines is 3. The van der Waals surface area contributed by atoms with E-state index in [1.807, 2.05) is 48.6 Å². The third kappa shape index (κ3) is 5.69. The Morgan fingerprint density at radius 3 is 2.31 bits per heavy atom. The second-order valence-electron chi connectivity index (χ2n) is 8.70. The number of nitrogens with zero attached hydrogens (tertiary/aromatic N) is 5. The lowest BCUT2D eigenvalue weighted by atomic mass is 10.2. The predicted molar refractivity (Wildman–Crippen MR) is 145 cm³/mol. The van der Waals surface area contributed by atoms with E-state index in [0.29, 0.717) is 5.82 Å². The molecule has 0 aliphatic carbocycles. The van der Waals surface area contributed by atoms with E-state index in [1.54, 1.807) is 7.11 Å². The van der Waals surface area contributed by atoms with Gasteiger partial charge < -0.3 is 19.9 Å². The molecule has 1 saturated heterocycles. The highest BCUT2D eigenvalue weighted by Crippen LogP contribution is 2.24. The lowest BCUT2D eigenvalue weighted by Crippen LogP contribution is -2.46. The van der Waals surface area contributed by atoms with E-state index >= 15 is 0 Å². The van der Waals surface area contributed by atoms with Crippen molar-refractivity contribution in [3.05, 3.63) is 83.7 Å². The van der Waals surface area contributed by atoms with Crippen LogP contribution < -0.4 is 19.9 Å². The van der Waals surface area contributed by atoms with Crippen LogP contribution in [0.25, 0.3) is 12.2 Å². The second kappa shape index (κ2) is 10.4. The molecule has 3 aromatic rings. The van der Waals surface area contributed by atoms with Crippen LogP contribution in [0.15, 0.2) is 77.3 Å². The summed E-state index contributed by atoms with van der Waals surface area (Å²) in [5, 5.41) is 3.37. The van der Waals surface area contributed by atoms with Crippen molar-refractivity contribution in [2.75, 3.05) is 55.0 Å². The van der Waals surface area contributed by atoms with Crippen LogP contribution in [0.1, 0.15) is 18.3 Å². The molecular formula is C28H30N6O. The monoisotopic (exact) mass is 466 g/mol. The molecule has 2 aliphatic rings. The maximum absolute atomic E-state index is 5.29. The Morgan fingerprint density at radius 1 is 0.886 bits per heavy atom. The van der Waals surface area contributed by atoms with E-state index in [2.05, 4.69) is 57.4 Å². The van der Waals surface area contributed by atoms with Crippen LogP contribution in [0.4, 0.5) is 17.3 Å². The Hall–Kier alpha value is -4.13. The SMILES string of the molecule is COc1ccc(N2CCN(c3cc(NC4=NCC(C)=C4)nc(/C=C/c4ccccc4)n3)CC2)cc1. The number of ether oxygens (including phenoxy) is 1. The number of amidine groups is 1. The average molecular weight is 467 g/mol. The minimum Gasteiger partial charge on any atom is -0.497 e. The number of nitrogens with one attached hydrogen (secondary N) is 1. The largest absolute Gasteiger partial charge is 0.497 e. The van der Waals surface area contributed by atoms with Gasteiger partial charge in [0.25, 0.3) is 0 Å². The third-order valence-corrected chi connectivity index (χ3v) is 6.13. The highest BCUT2D eigenvalue weighted by atomic mass is 16.5. The first kappa shape index (κ1) is 22.7. The molecule has 2 aromatic carbocycles. The summed E-state index contributed by atoms with van der Waals surface area (Å²) < 4.78 is 5.29. The lowest BCUT2D eigenvalue weighted by Gasteiger charge is -2.37. The molecule has 5 rings (SSSR count). The molecule has 7 nitrogen and oxygen atoms in total. The quantitative estimate of drug-likeness (QED) is 0.565. The van der Waals surface area contributed by atoms with Gasteiger partial charge in [-0.05, 0) is 54.5 Å². The zero-order valence-corrected chi connectivity index (χ0v) is 20.2. The number of aliphatic imine (C=N–C) groups is 1. The van der Waals surface area contributed by atoms with Crippen molar-refractivity contribution >= 4 is 35.3 Å². The van der Waals surface area contributed by atoms with Gasteiger partial charge in [0, 0.05) is 37.9 Å². The molecule has 0 spiro atoms. The molecule has 0 bridgehead atoms. The fraction of sp³-hybridized carbons (Fsp3) is 0.250. The molecule has 3 heterocycles. The summed E-state index contributed by atoms with van der Waals surface area (Å²) in [6.45, 7) is 6.41. The molecule has 35 heavy (non-hydrogen) atoms. The number of hydrogen-bond acceptors (Lipinski definition) is 7. The van der Waals surface area contributed by atoms with Crippen LogP contribution in [0.2, 0.25) is 0 Å². The topological polar surface area (TPSA) is 65.9 Å². The first-order valence-corrected chi connectivity index (χ1v) is 11.9. The summed E-state index contributed by atoms with van der Waals surface area (Å²) in [5.74, 6) is 4.07. The van der Waals surface area contributed by atoms with E-state index in [1.165, 1.54) is 11.3 Å². The normalized spacial score (nSPS) is 15.8. The van der Waals surface area contributed by atoms with Crippen molar-refractivity contribution in [2.45, 2.75) is 6.92 Å². The van der Waals surface area contributed by atoms with E-state index in [4.69, 9.17) is 14.7 Å². The summed E-state index contributed by atoms with van der Waals surface area (Å²) in [7, 11) is 1.69. The third-order valence-electron chi connectivity index (χ3n) is 6.13. The summed E-state index contributed by atoms with van der Waals surface area (Å²) in [6.07, 6.45) is 6.08. The smallest absolute Gasteiger partial charge is 0.156 e. The molecule has 178 valence electrons. The van der Waals surface area contributed by atoms with Gasteiger partial charge in [0.15, 0.2) is 5.82 Å². The standard InChI is InChI=1S/C28H30N6O/c1-21-18-26(29-20-21)31-27-19-28(32-25(30-27)13-8-22-6-4-3-5-7-22)34-16-14-33(15-17-34)23-9-11-24(35-2)12-10-23/h3-13,18-19H,14-17,20H2,1-2H3,(H,29,30,31,32)/b13-8+. The Bertz CT molecular complexity index is 1240. The first-order chi connectivity index (χ1) is 17.2. The minimum absolute atomic E-state index is 0.672. The van der Waals surface area contributed by atoms with Gasteiger partial charge in [0.1, 0.15) is 23.2 Å². The molecule has 7 heteroatoms. The molecule has 0 atom stereocenters. The Labute approximate surface area is 206 Å². The van der Waals surface area contributed by atoms with Crippen molar-refractivity contribution < 1.29 is 4.74 Å². The fourth-order valence-electron chi connectivity index (χ4n) is 4.22. The maximum Gasteiger partial charge on any atom is 0.156 e. The van der Waals surface area contributed by atoms with Gasteiger partial charge in [-0.25, -0.2) is 9.97 Å². The van der Waals surface area contributed by atoms with Crippen LogP contribution in [-0.2, 0) is 0 Å². The van der Waals surface area contributed by atoms with Gasteiger partial charge in [-0.1, -0.05) is 36.4 Å². The van der Waals surface area contributed by atoms with Crippen molar-refractivity contribution in [1.29, 1.82) is 0 Å². The number of methoxy groups -OCH3 is 1. The average Bonchev–Trinajstić information content (AvgIpc) is 3.32. The van der Waals surface area contributed by atoms with Crippen LogP contribution in [-0.4, -0.2) is 55.6 Å². The summed E-state index contributed by atoms with van der Waals surface area (Å²) >= 11 is 0. The van der Waals surface area contributed by atoms with Gasteiger partial charge in [-0.3, -0.25) is 4.99 Å². The number of benzene rings is 2. The van der Waals surface area contributed by atoms with Gasteiger partial charge >= 0.3 is 0 Å². The summed E-state index contributed by atoms with van der Waals surface area (Å²) in [4.78, 5) is 18.9. The van der Waals surface area contributed by atoms with Crippen LogP contribution in [0.5, 0.6) is 5.75 Å². The molecule has 2 aliphatic heterocycles. The first-order valence-electron chi connectivity index (χ1n) is 11.9. The van der Waals surface area contributed by atoms with Crippen LogP contribution in [0, 0.1) is 0 Å². The van der Waals surface area contributed by atoms with Crippen molar-refractivity contribution in [3.63, 3.8) is 0 Å². The maximum atomic E-state index is 5.29. The van der Waals surface area contributed by atoms with Gasteiger partial charge in [-0.15, -0.1) is 0 Å². The molecule has 0 radical (unpaired) electrons. The molecule has 1 N–H and O–H groups in total. The molecule has 0 unspecified atom stereocenters. The van der Waals surface area contributed by atoms with E-state index < -0.39 is 0 Å². The predicted octanol–water partition coefficient (Wildman–Crippen LogP) is 4.75. The van der Waals surface area contributed by atoms with Crippen molar-refractivity contribution in [3.8, 4) is 5.75 Å². The van der Waals surface area contributed by atoms with Crippen molar-refractivity contribution in [1.82, 2.24) is 9.97 Å². The number of rotatable bonds is 6. The van der Waals surface area contributed by atoms with E-state index in [0.717, 1.165) is 61.5 Å². The van der Waals surface area contributed by atoms with Crippen LogP contribution >= 0.6 is 0 Å². The molecule has 1 aromatic heterocycles. The second-order valence-corrected chi connectivity index (χ2v) is 8.70. The lowest BCUT2D eigenvalue weighted by molar-refractivity contribution is 0.415. The fourth-order valence-corrected chi connectivity index (χ4v) is 4.22. The molecule has 0 saturated carbocycles. The zero-order chi connectivity index (χ0) is 24.0. The Balaban J connectivity index is 1.35. The zero-order valence-electron chi connectivity index (χ0n) is 20.2. The summed E-state index contributed by atoms with van der Waals surface area (Å²) in [5.41, 5.74) is 3.56. The summed E-state index contributed by atoms with van der Waals surface area (Å²) in [6, 6.07) is 20.5. The molecule has 1 fully saturated rings. The van der Waals surface area contributed by atoms with Gasteiger partial charge in [-0.2, -0.15) is 0 Å². The number of aromatic nitrogens is 2. The van der Waals surface area contributed by atoms with E-state index in [9.17, 15) is 0 Å². The van der Waals surface area contributed by atoms with Crippen molar-refractivity contribution in [2.24, 2.45) is 4.99 Å². The van der Waals surface area contributed by atoms with Crippen LogP contribution in [0.3, 0.4) is 0 Å². The minimum atomic E-state index is 0.672. The van der Waals surface area contributed by atoms with E-state index in [-0.39, 0.29) is 0 Å². The Kier molecular flexibility index (Phi) is 6.75. The number of hydrogen-bond donors (Lipinski definition) is 1. The number of piperazine rings is 1. The Morgan fingerprint density at radius 2 is 1.63 bits per heavy atom. The van der Waals surface area contributed by atoms with Gasteiger partial charge in [0.2, 0.25) is 0 Å². The highest BCUT2D eigenvalue weighted by Gasteiger charge is 2.20.